The van der Waals surface area contributed by atoms with Crippen LogP contribution < -0.4 is 0 Å². The second kappa shape index (κ2) is 7.45. The summed E-state index contributed by atoms with van der Waals surface area (Å²) in [5.74, 6) is 1.74. The predicted molar refractivity (Wildman–Crippen MR) is 105 cm³/mol. The zero-order valence-corrected chi connectivity index (χ0v) is 17.1. The minimum atomic E-state index is -0.00570. The summed E-state index contributed by atoms with van der Waals surface area (Å²) in [6.45, 7) is 5.65. The Kier molecular flexibility index (Phi) is 4.95. The van der Waals surface area contributed by atoms with Gasteiger partial charge in [0, 0.05) is 25.2 Å². The first-order valence-corrected chi connectivity index (χ1v) is 11.2. The molecule has 28 heavy (non-hydrogen) atoms. The van der Waals surface area contributed by atoms with Crippen LogP contribution in [0, 0.1) is 12.8 Å². The van der Waals surface area contributed by atoms with Gasteiger partial charge in [-0.05, 0) is 57.8 Å². The van der Waals surface area contributed by atoms with Gasteiger partial charge in [0.15, 0.2) is 0 Å². The summed E-state index contributed by atoms with van der Waals surface area (Å²) in [5.41, 5.74) is 1.16. The molecular weight excluding hydrogens is 354 g/mol. The van der Waals surface area contributed by atoms with Gasteiger partial charge in [0.2, 0.25) is 11.8 Å². The van der Waals surface area contributed by atoms with Gasteiger partial charge in [0.05, 0.1) is 24.8 Å². The Labute approximate surface area is 167 Å². The molecule has 4 aliphatic rings. The van der Waals surface area contributed by atoms with E-state index >= 15 is 0 Å². The van der Waals surface area contributed by atoms with Gasteiger partial charge in [0.25, 0.3) is 0 Å². The molecule has 1 spiro atoms. The third-order valence-corrected chi connectivity index (χ3v) is 7.57. The van der Waals surface area contributed by atoms with Crippen molar-refractivity contribution in [1.29, 1.82) is 0 Å². The highest BCUT2D eigenvalue weighted by Crippen LogP contribution is 2.43. The largest absolute Gasteiger partial charge is 0.446 e. The van der Waals surface area contributed by atoms with Crippen LogP contribution in [0.25, 0.3) is 0 Å². The van der Waals surface area contributed by atoms with E-state index in [1.54, 1.807) is 6.26 Å². The van der Waals surface area contributed by atoms with Crippen LogP contribution in [-0.2, 0) is 9.53 Å². The molecule has 5 rings (SSSR count). The lowest BCUT2D eigenvalue weighted by molar-refractivity contribution is -0.160. The van der Waals surface area contributed by atoms with E-state index in [0.717, 1.165) is 44.1 Å². The van der Waals surface area contributed by atoms with Gasteiger partial charge >= 0.3 is 0 Å². The summed E-state index contributed by atoms with van der Waals surface area (Å²) >= 11 is 0. The molecule has 0 bridgehead atoms. The summed E-state index contributed by atoms with van der Waals surface area (Å²) in [7, 11) is 0. The summed E-state index contributed by atoms with van der Waals surface area (Å²) in [4.78, 5) is 22.2. The van der Waals surface area contributed by atoms with Crippen molar-refractivity contribution in [2.45, 2.75) is 82.4 Å². The Hall–Kier alpha value is -1.40. The number of hydrogen-bond acceptors (Lipinski definition) is 5. The Bertz CT molecular complexity index is 710. The van der Waals surface area contributed by atoms with Crippen LogP contribution >= 0.6 is 0 Å². The van der Waals surface area contributed by atoms with Crippen LogP contribution in [0.15, 0.2) is 10.7 Å². The van der Waals surface area contributed by atoms with E-state index in [-0.39, 0.29) is 23.6 Å². The van der Waals surface area contributed by atoms with Gasteiger partial charge in [-0.15, -0.1) is 0 Å². The zero-order valence-electron chi connectivity index (χ0n) is 17.1. The maximum Gasteiger partial charge on any atom is 0.225 e. The lowest BCUT2D eigenvalue weighted by Gasteiger charge is -2.56. The molecule has 1 amide bonds. The first-order chi connectivity index (χ1) is 13.6. The fourth-order valence-electron chi connectivity index (χ4n) is 5.44. The van der Waals surface area contributed by atoms with Crippen LogP contribution in [0.2, 0.25) is 0 Å². The molecule has 1 aromatic heterocycles. The summed E-state index contributed by atoms with van der Waals surface area (Å²) in [6.07, 6.45) is 12.1. The molecule has 2 aliphatic carbocycles. The fourth-order valence-corrected chi connectivity index (χ4v) is 5.44. The van der Waals surface area contributed by atoms with E-state index in [1.165, 1.54) is 45.1 Å². The van der Waals surface area contributed by atoms with Gasteiger partial charge in [-0.25, -0.2) is 4.98 Å². The monoisotopic (exact) mass is 387 g/mol. The van der Waals surface area contributed by atoms with E-state index in [2.05, 4.69) is 9.88 Å². The summed E-state index contributed by atoms with van der Waals surface area (Å²) in [5, 5.41) is 0. The minimum absolute atomic E-state index is 0.00570. The normalized spacial score (nSPS) is 30.4. The molecule has 1 aromatic rings. The number of aromatic nitrogens is 1. The molecule has 6 heteroatoms. The van der Waals surface area contributed by atoms with Gasteiger partial charge in [-0.1, -0.05) is 6.42 Å². The van der Waals surface area contributed by atoms with Crippen molar-refractivity contribution in [2.24, 2.45) is 5.92 Å². The number of ether oxygens (including phenoxy) is 1. The van der Waals surface area contributed by atoms with Crippen LogP contribution in [-0.4, -0.2) is 58.6 Å². The molecule has 0 radical (unpaired) electrons. The number of rotatable bonds is 5. The maximum atomic E-state index is 13.1. The molecule has 2 saturated carbocycles. The maximum absolute atomic E-state index is 13.1. The first kappa shape index (κ1) is 18.6. The van der Waals surface area contributed by atoms with Crippen molar-refractivity contribution >= 4 is 5.91 Å². The van der Waals surface area contributed by atoms with E-state index in [4.69, 9.17) is 9.15 Å². The lowest BCUT2D eigenvalue weighted by Crippen LogP contribution is -2.64. The van der Waals surface area contributed by atoms with E-state index in [1.807, 2.05) is 11.8 Å². The molecule has 3 heterocycles. The molecule has 6 nitrogen and oxygen atoms in total. The van der Waals surface area contributed by atoms with Crippen molar-refractivity contribution in [3.8, 4) is 0 Å². The van der Waals surface area contributed by atoms with Crippen molar-refractivity contribution in [3.05, 3.63) is 17.8 Å². The Morgan fingerprint density at radius 3 is 2.75 bits per heavy atom. The predicted octanol–water partition coefficient (Wildman–Crippen LogP) is 3.46. The average Bonchev–Trinajstić information content (AvgIpc) is 3.25. The van der Waals surface area contributed by atoms with Crippen molar-refractivity contribution in [3.63, 3.8) is 0 Å². The minimum Gasteiger partial charge on any atom is -0.446 e. The molecule has 2 saturated heterocycles. The molecule has 2 unspecified atom stereocenters. The van der Waals surface area contributed by atoms with Crippen LogP contribution in [0.1, 0.15) is 75.4 Å². The molecule has 2 aliphatic heterocycles. The highest BCUT2D eigenvalue weighted by Gasteiger charge is 2.48. The van der Waals surface area contributed by atoms with Crippen molar-refractivity contribution < 1.29 is 13.9 Å². The quantitative estimate of drug-likeness (QED) is 0.774. The summed E-state index contributed by atoms with van der Waals surface area (Å²) in [6, 6.07) is -0.00570. The third-order valence-electron chi connectivity index (χ3n) is 7.57. The smallest absolute Gasteiger partial charge is 0.225 e. The molecule has 0 aromatic carbocycles. The average molecular weight is 388 g/mol. The lowest BCUT2D eigenvalue weighted by atomic mass is 9.73. The Balaban J connectivity index is 1.22. The molecule has 4 fully saturated rings. The second-order valence-corrected chi connectivity index (χ2v) is 9.49. The van der Waals surface area contributed by atoms with E-state index in [9.17, 15) is 4.79 Å². The number of aryl methyl sites for hydroxylation is 1. The van der Waals surface area contributed by atoms with Crippen molar-refractivity contribution in [2.75, 3.05) is 26.2 Å². The number of morpholine rings is 1. The molecule has 2 atom stereocenters. The second-order valence-electron chi connectivity index (χ2n) is 9.49. The SMILES string of the molecule is Cc1coc(C2CCCN2C(=O)CC2CN(CC3CCC3)C3(CCC3)CO2)n1. The van der Waals surface area contributed by atoms with Crippen molar-refractivity contribution in [1.82, 2.24) is 14.8 Å². The first-order valence-electron chi connectivity index (χ1n) is 11.2. The van der Waals surface area contributed by atoms with Crippen LogP contribution in [0.3, 0.4) is 0 Å². The van der Waals surface area contributed by atoms with Crippen LogP contribution in [0.5, 0.6) is 0 Å². The van der Waals surface area contributed by atoms with Gasteiger partial charge in [0.1, 0.15) is 12.3 Å². The van der Waals surface area contributed by atoms with Gasteiger partial charge in [-0.3, -0.25) is 9.69 Å². The van der Waals surface area contributed by atoms with Crippen LogP contribution in [0.4, 0.5) is 0 Å². The number of nitrogens with zero attached hydrogens (tertiary/aromatic N) is 3. The number of carbonyl (C=O) groups is 1. The fraction of sp³-hybridized carbons (Fsp3) is 0.818. The number of amides is 1. The number of likely N-dealkylation sites (tertiary alicyclic amines) is 1. The molecular formula is C22H33N3O3. The van der Waals surface area contributed by atoms with Gasteiger partial charge in [-0.2, -0.15) is 0 Å². The highest BCUT2D eigenvalue weighted by atomic mass is 16.5. The number of oxazole rings is 1. The number of carbonyl (C=O) groups excluding carboxylic acids is 1. The topological polar surface area (TPSA) is 58.8 Å². The number of hydrogen-bond donors (Lipinski definition) is 0. The van der Waals surface area contributed by atoms with E-state index < -0.39 is 0 Å². The third kappa shape index (κ3) is 3.39. The Morgan fingerprint density at radius 2 is 2.11 bits per heavy atom. The Morgan fingerprint density at radius 1 is 1.25 bits per heavy atom. The van der Waals surface area contributed by atoms with E-state index in [0.29, 0.717) is 12.3 Å². The molecule has 0 N–H and O–H groups in total. The standard InChI is InChI=1S/C22H33N3O3/c1-16-14-27-21(23-16)19-7-3-10-25(19)20(26)11-18-13-24(12-17-5-2-6-17)22(15-28-18)8-4-9-22/h14,17-19H,2-13,15H2,1H3. The van der Waals surface area contributed by atoms with Gasteiger partial charge < -0.3 is 14.1 Å². The zero-order chi connectivity index (χ0) is 19.1. The highest BCUT2D eigenvalue weighted by molar-refractivity contribution is 5.77. The molecule has 154 valence electrons. The summed E-state index contributed by atoms with van der Waals surface area (Å²) < 4.78 is 11.8.